The van der Waals surface area contributed by atoms with E-state index in [4.69, 9.17) is 5.84 Å². The summed E-state index contributed by atoms with van der Waals surface area (Å²) in [6.45, 7) is 7.47. The Morgan fingerprint density at radius 1 is 1.30 bits per heavy atom. The van der Waals surface area contributed by atoms with Gasteiger partial charge in [-0.25, -0.2) is 5.84 Å². The molecule has 0 radical (unpaired) electrons. The average molecular weight is 284 g/mol. The molecule has 0 aromatic rings. The number of carbonyl (C=O) groups is 3. The quantitative estimate of drug-likeness (QED) is 0.370. The van der Waals surface area contributed by atoms with Crippen LogP contribution in [0.1, 0.15) is 40.5 Å². The van der Waals surface area contributed by atoms with Crippen LogP contribution < -0.4 is 16.6 Å². The van der Waals surface area contributed by atoms with Crippen LogP contribution >= 0.6 is 0 Å². The standard InChI is InChI=1S/C13H24N4O3/c1-8(15-12(20)13(2,3)4)11(19)17-7-5-6-9(17)10(18)16-14/h8-9H,5-7,14H2,1-4H3,(H,15,20)(H,16,18)/t8-,9-/m0/s1. The van der Waals surface area contributed by atoms with E-state index in [9.17, 15) is 14.4 Å². The normalized spacial score (nSPS) is 20.4. The summed E-state index contributed by atoms with van der Waals surface area (Å²) in [7, 11) is 0. The van der Waals surface area contributed by atoms with Crippen LogP contribution in [-0.2, 0) is 14.4 Å². The smallest absolute Gasteiger partial charge is 0.256 e. The summed E-state index contributed by atoms with van der Waals surface area (Å²) in [5, 5.41) is 2.68. The number of amides is 3. The molecule has 20 heavy (non-hydrogen) atoms. The number of nitrogens with zero attached hydrogens (tertiary/aromatic N) is 1. The van der Waals surface area contributed by atoms with Crippen molar-refractivity contribution in [2.75, 3.05) is 6.54 Å². The molecule has 2 atom stereocenters. The van der Waals surface area contributed by atoms with Crippen LogP contribution in [-0.4, -0.2) is 41.2 Å². The van der Waals surface area contributed by atoms with Gasteiger partial charge in [0.25, 0.3) is 5.91 Å². The third-order valence-corrected chi connectivity index (χ3v) is 3.38. The Labute approximate surface area is 119 Å². The van der Waals surface area contributed by atoms with Gasteiger partial charge in [0.1, 0.15) is 12.1 Å². The molecular formula is C13H24N4O3. The second-order valence-corrected chi connectivity index (χ2v) is 6.14. The molecule has 3 amide bonds. The fraction of sp³-hybridized carbons (Fsp3) is 0.769. The molecule has 0 spiro atoms. The molecule has 4 N–H and O–H groups in total. The summed E-state index contributed by atoms with van der Waals surface area (Å²) in [5.41, 5.74) is 1.51. The number of likely N-dealkylation sites (tertiary alicyclic amines) is 1. The SMILES string of the molecule is C[C@H](NC(=O)C(C)(C)C)C(=O)N1CCC[C@H]1C(=O)NN. The highest BCUT2D eigenvalue weighted by molar-refractivity contribution is 5.93. The van der Waals surface area contributed by atoms with E-state index in [0.29, 0.717) is 13.0 Å². The zero-order valence-corrected chi connectivity index (χ0v) is 12.5. The van der Waals surface area contributed by atoms with E-state index in [1.54, 1.807) is 27.7 Å². The van der Waals surface area contributed by atoms with Crippen molar-refractivity contribution in [3.05, 3.63) is 0 Å². The van der Waals surface area contributed by atoms with Crippen molar-refractivity contribution < 1.29 is 14.4 Å². The van der Waals surface area contributed by atoms with Crippen molar-refractivity contribution in [1.29, 1.82) is 0 Å². The van der Waals surface area contributed by atoms with Crippen molar-refractivity contribution in [1.82, 2.24) is 15.6 Å². The minimum atomic E-state index is -0.659. The summed E-state index contributed by atoms with van der Waals surface area (Å²) < 4.78 is 0. The van der Waals surface area contributed by atoms with Gasteiger partial charge < -0.3 is 10.2 Å². The second-order valence-electron chi connectivity index (χ2n) is 6.14. The molecule has 1 heterocycles. The molecule has 0 unspecified atom stereocenters. The lowest BCUT2D eigenvalue weighted by Gasteiger charge is -2.28. The van der Waals surface area contributed by atoms with Gasteiger partial charge in [-0.05, 0) is 19.8 Å². The number of rotatable bonds is 3. The van der Waals surface area contributed by atoms with E-state index in [-0.39, 0.29) is 17.7 Å². The zero-order chi connectivity index (χ0) is 15.5. The first-order valence-corrected chi connectivity index (χ1v) is 6.80. The van der Waals surface area contributed by atoms with Crippen molar-refractivity contribution in [2.24, 2.45) is 11.3 Å². The first kappa shape index (κ1) is 16.4. The van der Waals surface area contributed by atoms with Gasteiger partial charge in [-0.15, -0.1) is 0 Å². The molecule has 7 nitrogen and oxygen atoms in total. The van der Waals surface area contributed by atoms with E-state index in [1.807, 2.05) is 0 Å². The maximum atomic E-state index is 12.3. The van der Waals surface area contributed by atoms with E-state index in [1.165, 1.54) is 4.90 Å². The fourth-order valence-corrected chi connectivity index (χ4v) is 2.12. The average Bonchev–Trinajstić information content (AvgIpc) is 2.84. The Kier molecular flexibility index (Phi) is 5.10. The number of carbonyl (C=O) groups excluding carboxylic acids is 3. The lowest BCUT2D eigenvalue weighted by molar-refractivity contribution is -0.142. The van der Waals surface area contributed by atoms with Crippen LogP contribution in [0, 0.1) is 5.41 Å². The molecule has 0 bridgehead atoms. The van der Waals surface area contributed by atoms with Crippen LogP contribution in [0.25, 0.3) is 0 Å². The molecule has 1 saturated heterocycles. The monoisotopic (exact) mass is 284 g/mol. The van der Waals surface area contributed by atoms with E-state index in [2.05, 4.69) is 10.7 Å². The lowest BCUT2D eigenvalue weighted by atomic mass is 9.95. The van der Waals surface area contributed by atoms with Gasteiger partial charge in [-0.2, -0.15) is 0 Å². The third-order valence-electron chi connectivity index (χ3n) is 3.38. The second kappa shape index (κ2) is 6.21. The first-order chi connectivity index (χ1) is 9.18. The fourth-order valence-electron chi connectivity index (χ4n) is 2.12. The van der Waals surface area contributed by atoms with Crippen LogP contribution in [0.15, 0.2) is 0 Å². The van der Waals surface area contributed by atoms with Gasteiger partial charge in [-0.3, -0.25) is 19.8 Å². The number of nitrogens with two attached hydrogens (primary N) is 1. The molecule has 1 fully saturated rings. The van der Waals surface area contributed by atoms with Crippen molar-refractivity contribution in [3.8, 4) is 0 Å². The van der Waals surface area contributed by atoms with Crippen LogP contribution in [0.3, 0.4) is 0 Å². The molecule has 7 heteroatoms. The summed E-state index contributed by atoms with van der Waals surface area (Å²) >= 11 is 0. The maximum absolute atomic E-state index is 12.3. The Morgan fingerprint density at radius 3 is 2.40 bits per heavy atom. The largest absolute Gasteiger partial charge is 0.344 e. The molecule has 1 aliphatic rings. The highest BCUT2D eigenvalue weighted by Gasteiger charge is 2.36. The zero-order valence-electron chi connectivity index (χ0n) is 12.5. The first-order valence-electron chi connectivity index (χ1n) is 6.80. The topological polar surface area (TPSA) is 105 Å². The van der Waals surface area contributed by atoms with Crippen LogP contribution in [0.2, 0.25) is 0 Å². The molecule has 1 aliphatic heterocycles. The summed E-state index contributed by atoms with van der Waals surface area (Å²) in [5.74, 6) is 4.30. The van der Waals surface area contributed by atoms with Gasteiger partial charge in [0, 0.05) is 12.0 Å². The summed E-state index contributed by atoms with van der Waals surface area (Å²) in [6.07, 6.45) is 1.35. The predicted octanol–water partition coefficient (Wildman–Crippen LogP) is -0.482. The van der Waals surface area contributed by atoms with Crippen molar-refractivity contribution >= 4 is 17.7 Å². The van der Waals surface area contributed by atoms with Gasteiger partial charge >= 0.3 is 0 Å². The Bertz CT molecular complexity index is 403. The van der Waals surface area contributed by atoms with Gasteiger partial charge in [-0.1, -0.05) is 20.8 Å². The molecule has 0 aromatic carbocycles. The number of hydrogen-bond donors (Lipinski definition) is 3. The minimum absolute atomic E-state index is 0.197. The third kappa shape index (κ3) is 3.69. The van der Waals surface area contributed by atoms with E-state index in [0.717, 1.165) is 6.42 Å². The van der Waals surface area contributed by atoms with Crippen LogP contribution in [0.4, 0.5) is 0 Å². The van der Waals surface area contributed by atoms with Gasteiger partial charge in [0.15, 0.2) is 0 Å². The molecule has 1 rings (SSSR count). The van der Waals surface area contributed by atoms with Crippen LogP contribution in [0.5, 0.6) is 0 Å². The molecular weight excluding hydrogens is 260 g/mol. The summed E-state index contributed by atoms with van der Waals surface area (Å²) in [4.78, 5) is 37.3. The number of nitrogens with one attached hydrogen (secondary N) is 2. The van der Waals surface area contributed by atoms with Crippen molar-refractivity contribution in [2.45, 2.75) is 52.6 Å². The lowest BCUT2D eigenvalue weighted by Crippen LogP contribution is -2.54. The maximum Gasteiger partial charge on any atom is 0.256 e. The number of hydrogen-bond acceptors (Lipinski definition) is 4. The molecule has 0 aliphatic carbocycles. The van der Waals surface area contributed by atoms with E-state index < -0.39 is 17.5 Å². The highest BCUT2D eigenvalue weighted by Crippen LogP contribution is 2.19. The van der Waals surface area contributed by atoms with Crippen molar-refractivity contribution in [3.63, 3.8) is 0 Å². The highest BCUT2D eigenvalue weighted by atomic mass is 16.2. The minimum Gasteiger partial charge on any atom is -0.344 e. The predicted molar refractivity (Wildman–Crippen MR) is 74.1 cm³/mol. The Hall–Kier alpha value is -1.63. The molecule has 114 valence electrons. The number of hydrazine groups is 1. The van der Waals surface area contributed by atoms with E-state index >= 15 is 0 Å². The molecule has 0 saturated carbocycles. The van der Waals surface area contributed by atoms with Gasteiger partial charge in [0.05, 0.1) is 0 Å². The summed E-state index contributed by atoms with van der Waals surface area (Å²) in [6, 6.07) is -1.20. The Balaban J connectivity index is 2.69. The van der Waals surface area contributed by atoms with Gasteiger partial charge in [0.2, 0.25) is 11.8 Å². The Morgan fingerprint density at radius 2 is 1.90 bits per heavy atom. The molecule has 0 aromatic heterocycles.